The maximum atomic E-state index is 13.4. The molecule has 2 heterocycles. The highest BCUT2D eigenvalue weighted by Crippen LogP contribution is 2.32. The van der Waals surface area contributed by atoms with Gasteiger partial charge in [-0.3, -0.25) is 14.5 Å². The third kappa shape index (κ3) is 3.46. The molecule has 0 saturated carbocycles. The quantitative estimate of drug-likeness (QED) is 0.733. The van der Waals surface area contributed by atoms with Gasteiger partial charge in [0, 0.05) is 24.6 Å². The second kappa shape index (κ2) is 7.05. The van der Waals surface area contributed by atoms with E-state index in [0.717, 1.165) is 11.6 Å². The highest BCUT2D eigenvalue weighted by Gasteiger charge is 2.26. The first kappa shape index (κ1) is 18.1. The number of nitrogens with zero attached hydrogens (tertiary/aromatic N) is 2. The summed E-state index contributed by atoms with van der Waals surface area (Å²) in [4.78, 5) is 18.2. The van der Waals surface area contributed by atoms with E-state index in [2.05, 4.69) is 9.71 Å². The average Bonchev–Trinajstić information content (AvgIpc) is 3.11. The summed E-state index contributed by atoms with van der Waals surface area (Å²) in [5.41, 5.74) is 2.36. The van der Waals surface area contributed by atoms with Crippen LogP contribution in [-0.2, 0) is 16.4 Å². The summed E-state index contributed by atoms with van der Waals surface area (Å²) in [6.07, 6.45) is 3.77. The molecule has 1 aliphatic rings. The molecule has 3 aromatic rings. The Morgan fingerprint density at radius 3 is 2.71 bits per heavy atom. The van der Waals surface area contributed by atoms with Gasteiger partial charge < -0.3 is 4.90 Å². The predicted molar refractivity (Wildman–Crippen MR) is 103 cm³/mol. The van der Waals surface area contributed by atoms with E-state index in [9.17, 15) is 17.6 Å². The van der Waals surface area contributed by atoms with E-state index in [-0.39, 0.29) is 10.8 Å². The molecule has 0 bridgehead atoms. The maximum Gasteiger partial charge on any atom is 0.261 e. The number of hydrogen-bond donors (Lipinski definition) is 1. The first-order valence-electron chi connectivity index (χ1n) is 8.57. The van der Waals surface area contributed by atoms with Crippen LogP contribution in [0.1, 0.15) is 15.9 Å². The second-order valence-corrected chi connectivity index (χ2v) is 8.04. The Morgan fingerprint density at radius 2 is 1.96 bits per heavy atom. The van der Waals surface area contributed by atoms with Gasteiger partial charge in [-0.15, -0.1) is 0 Å². The SMILES string of the molecule is O=C(c1cccnc1)N1CCc2ccc(NS(=O)(=O)c3cccc(F)c3)cc21. The molecule has 1 N–H and O–H groups in total. The van der Waals surface area contributed by atoms with Crippen LogP contribution >= 0.6 is 0 Å². The Balaban J connectivity index is 1.63. The topological polar surface area (TPSA) is 79.4 Å². The molecule has 0 radical (unpaired) electrons. The molecule has 4 rings (SSSR count). The minimum Gasteiger partial charge on any atom is -0.308 e. The summed E-state index contributed by atoms with van der Waals surface area (Å²) in [5, 5.41) is 0. The van der Waals surface area contributed by atoms with Gasteiger partial charge in [0.2, 0.25) is 0 Å². The number of carbonyl (C=O) groups is 1. The molecule has 0 saturated heterocycles. The summed E-state index contributed by atoms with van der Waals surface area (Å²) < 4.78 is 40.9. The lowest BCUT2D eigenvalue weighted by atomic mass is 10.1. The Bertz CT molecular complexity index is 1150. The number of amides is 1. The van der Waals surface area contributed by atoms with E-state index < -0.39 is 15.8 Å². The smallest absolute Gasteiger partial charge is 0.261 e. The number of aromatic nitrogens is 1. The van der Waals surface area contributed by atoms with Crippen LogP contribution in [0, 0.1) is 5.82 Å². The van der Waals surface area contributed by atoms with Gasteiger partial charge in [0.1, 0.15) is 5.82 Å². The Labute approximate surface area is 161 Å². The van der Waals surface area contributed by atoms with Crippen LogP contribution in [0.25, 0.3) is 0 Å². The number of pyridine rings is 1. The van der Waals surface area contributed by atoms with E-state index in [4.69, 9.17) is 0 Å². The number of carbonyl (C=O) groups excluding carboxylic acids is 1. The highest BCUT2D eigenvalue weighted by molar-refractivity contribution is 7.92. The molecule has 0 unspecified atom stereocenters. The minimum atomic E-state index is -3.95. The van der Waals surface area contributed by atoms with Crippen LogP contribution in [0.3, 0.4) is 0 Å². The molecule has 1 aromatic heterocycles. The van der Waals surface area contributed by atoms with Crippen molar-refractivity contribution in [1.82, 2.24) is 4.98 Å². The zero-order chi connectivity index (χ0) is 19.7. The van der Waals surface area contributed by atoms with Gasteiger partial charge in [0.25, 0.3) is 15.9 Å². The highest BCUT2D eigenvalue weighted by atomic mass is 32.2. The number of benzene rings is 2. The molecular formula is C20H16FN3O3S. The summed E-state index contributed by atoms with van der Waals surface area (Å²) in [6.45, 7) is 0.503. The van der Waals surface area contributed by atoms with Gasteiger partial charge in [-0.25, -0.2) is 12.8 Å². The van der Waals surface area contributed by atoms with E-state index in [1.807, 2.05) is 0 Å². The first-order chi connectivity index (χ1) is 13.4. The van der Waals surface area contributed by atoms with Crippen LogP contribution in [0.4, 0.5) is 15.8 Å². The molecule has 6 nitrogen and oxygen atoms in total. The number of nitrogens with one attached hydrogen (secondary N) is 1. The summed E-state index contributed by atoms with van der Waals surface area (Å²) >= 11 is 0. The van der Waals surface area contributed by atoms with Gasteiger partial charge in [0.05, 0.1) is 16.1 Å². The lowest BCUT2D eigenvalue weighted by Gasteiger charge is -2.18. The van der Waals surface area contributed by atoms with Crippen molar-refractivity contribution < 1.29 is 17.6 Å². The largest absolute Gasteiger partial charge is 0.308 e. The standard InChI is InChI=1S/C20H16FN3O3S/c21-16-4-1-5-18(11-16)28(26,27)23-17-7-6-14-8-10-24(19(14)12-17)20(25)15-3-2-9-22-13-15/h1-7,9,11-13,23H,8,10H2. The fourth-order valence-corrected chi connectivity index (χ4v) is 4.23. The van der Waals surface area contributed by atoms with Crippen molar-refractivity contribution in [2.24, 2.45) is 0 Å². The third-order valence-electron chi connectivity index (χ3n) is 4.49. The van der Waals surface area contributed by atoms with Crippen molar-refractivity contribution in [1.29, 1.82) is 0 Å². The zero-order valence-corrected chi connectivity index (χ0v) is 15.5. The fraction of sp³-hybridized carbons (Fsp3) is 0.100. The van der Waals surface area contributed by atoms with Gasteiger partial charge >= 0.3 is 0 Å². The monoisotopic (exact) mass is 397 g/mol. The van der Waals surface area contributed by atoms with Gasteiger partial charge in [-0.2, -0.15) is 0 Å². The van der Waals surface area contributed by atoms with E-state index >= 15 is 0 Å². The van der Waals surface area contributed by atoms with Crippen molar-refractivity contribution in [2.75, 3.05) is 16.2 Å². The molecule has 0 aliphatic carbocycles. The molecule has 1 amide bonds. The molecule has 0 fully saturated rings. The lowest BCUT2D eigenvalue weighted by Crippen LogP contribution is -2.29. The molecule has 1 aliphatic heterocycles. The minimum absolute atomic E-state index is 0.170. The Morgan fingerprint density at radius 1 is 1.11 bits per heavy atom. The molecule has 0 atom stereocenters. The number of hydrogen-bond acceptors (Lipinski definition) is 4. The lowest BCUT2D eigenvalue weighted by molar-refractivity contribution is 0.0989. The summed E-state index contributed by atoms with van der Waals surface area (Å²) in [6, 6.07) is 13.2. The second-order valence-electron chi connectivity index (χ2n) is 6.35. The van der Waals surface area contributed by atoms with Crippen molar-refractivity contribution in [3.05, 3.63) is 83.9 Å². The average molecular weight is 397 g/mol. The number of sulfonamides is 1. The molecule has 8 heteroatoms. The van der Waals surface area contributed by atoms with Crippen LogP contribution < -0.4 is 9.62 Å². The number of rotatable bonds is 4. The molecule has 2 aromatic carbocycles. The van der Waals surface area contributed by atoms with Gasteiger partial charge in [-0.1, -0.05) is 12.1 Å². The molecular weight excluding hydrogens is 381 g/mol. The number of halogens is 1. The van der Waals surface area contributed by atoms with Crippen molar-refractivity contribution >= 4 is 27.3 Å². The molecule has 142 valence electrons. The normalized spacial score (nSPS) is 13.2. The molecule has 28 heavy (non-hydrogen) atoms. The Hall–Kier alpha value is -3.26. The van der Waals surface area contributed by atoms with Crippen LogP contribution in [0.15, 0.2) is 71.9 Å². The zero-order valence-electron chi connectivity index (χ0n) is 14.7. The number of anilines is 2. The van der Waals surface area contributed by atoms with Crippen LogP contribution in [-0.4, -0.2) is 25.9 Å². The van der Waals surface area contributed by atoms with Crippen molar-refractivity contribution in [3.63, 3.8) is 0 Å². The predicted octanol–water partition coefficient (Wildman–Crippen LogP) is 3.22. The van der Waals surface area contributed by atoms with Crippen LogP contribution in [0.5, 0.6) is 0 Å². The summed E-state index contributed by atoms with van der Waals surface area (Å²) in [5.74, 6) is -0.831. The fourth-order valence-electron chi connectivity index (χ4n) is 3.15. The van der Waals surface area contributed by atoms with Crippen molar-refractivity contribution in [2.45, 2.75) is 11.3 Å². The Kier molecular flexibility index (Phi) is 4.56. The van der Waals surface area contributed by atoms with E-state index in [0.29, 0.717) is 29.9 Å². The van der Waals surface area contributed by atoms with Gasteiger partial charge in [0.15, 0.2) is 0 Å². The number of fused-ring (bicyclic) bond motifs is 1. The third-order valence-corrected chi connectivity index (χ3v) is 5.87. The van der Waals surface area contributed by atoms with Gasteiger partial charge in [-0.05, 0) is 54.4 Å². The maximum absolute atomic E-state index is 13.4. The molecule has 0 spiro atoms. The first-order valence-corrected chi connectivity index (χ1v) is 10.1. The van der Waals surface area contributed by atoms with Crippen LogP contribution in [0.2, 0.25) is 0 Å². The summed E-state index contributed by atoms with van der Waals surface area (Å²) in [7, 11) is -3.95. The van der Waals surface area contributed by atoms with E-state index in [1.54, 1.807) is 41.4 Å². The van der Waals surface area contributed by atoms with Crippen molar-refractivity contribution in [3.8, 4) is 0 Å². The van der Waals surface area contributed by atoms with E-state index in [1.165, 1.54) is 24.4 Å².